The van der Waals surface area contributed by atoms with Crippen LogP contribution < -0.4 is 14.7 Å². The lowest BCUT2D eigenvalue weighted by Crippen LogP contribution is -2.53. The van der Waals surface area contributed by atoms with Crippen LogP contribution in [0.25, 0.3) is 11.3 Å². The highest BCUT2D eigenvalue weighted by atomic mass is 35.5. The van der Waals surface area contributed by atoms with Crippen LogP contribution in [0, 0.1) is 11.3 Å². The van der Waals surface area contributed by atoms with Crippen molar-refractivity contribution < 1.29 is 4.74 Å². The Labute approximate surface area is 204 Å². The predicted octanol–water partition coefficient (Wildman–Crippen LogP) is 3.62. The van der Waals surface area contributed by atoms with Crippen LogP contribution in [0.3, 0.4) is 0 Å². The molecule has 5 rings (SSSR count). The van der Waals surface area contributed by atoms with E-state index in [2.05, 4.69) is 38.7 Å². The molecule has 0 saturated carbocycles. The average molecular weight is 476 g/mol. The Morgan fingerprint density at radius 3 is 2.56 bits per heavy atom. The maximum Gasteiger partial charge on any atom is 0.228 e. The molecule has 34 heavy (non-hydrogen) atoms. The number of morpholine rings is 1. The second-order valence-electron chi connectivity index (χ2n) is 8.49. The summed E-state index contributed by atoms with van der Waals surface area (Å²) in [4.78, 5) is 21.0. The first kappa shape index (κ1) is 22.4. The first-order valence-electron chi connectivity index (χ1n) is 11.5. The number of nitriles is 1. The zero-order valence-electron chi connectivity index (χ0n) is 19.1. The van der Waals surface area contributed by atoms with E-state index in [1.165, 1.54) is 0 Å². The van der Waals surface area contributed by atoms with Crippen LogP contribution in [-0.2, 0) is 4.74 Å². The smallest absolute Gasteiger partial charge is 0.228 e. The topological polar surface area (TPSA) is 81.4 Å². The fourth-order valence-corrected chi connectivity index (χ4v) is 4.60. The van der Waals surface area contributed by atoms with Crippen LogP contribution in [-0.4, -0.2) is 66.9 Å². The van der Waals surface area contributed by atoms with Crippen LogP contribution >= 0.6 is 11.6 Å². The van der Waals surface area contributed by atoms with Gasteiger partial charge in [-0.3, -0.25) is 0 Å². The number of nitrogens with zero attached hydrogens (tertiary/aromatic N) is 7. The molecule has 0 unspecified atom stereocenters. The number of benzene rings is 1. The number of hydrogen-bond donors (Lipinski definition) is 0. The third kappa shape index (κ3) is 4.63. The number of halogens is 1. The highest BCUT2D eigenvalue weighted by Gasteiger charge is 2.28. The molecule has 0 bridgehead atoms. The molecule has 0 spiro atoms. The summed E-state index contributed by atoms with van der Waals surface area (Å²) < 4.78 is 5.53. The van der Waals surface area contributed by atoms with E-state index in [1.807, 2.05) is 30.3 Å². The van der Waals surface area contributed by atoms with Gasteiger partial charge in [-0.25, -0.2) is 9.97 Å². The van der Waals surface area contributed by atoms with Crippen molar-refractivity contribution in [2.75, 3.05) is 60.6 Å². The summed E-state index contributed by atoms with van der Waals surface area (Å²) in [5, 5.41) is 10.2. The maximum absolute atomic E-state index is 9.49. The van der Waals surface area contributed by atoms with Crippen molar-refractivity contribution in [3.8, 4) is 17.3 Å². The second kappa shape index (κ2) is 9.84. The average Bonchev–Trinajstić information content (AvgIpc) is 2.89. The highest BCUT2D eigenvalue weighted by Crippen LogP contribution is 2.29. The third-order valence-electron chi connectivity index (χ3n) is 6.26. The minimum absolute atomic E-state index is 0.174. The van der Waals surface area contributed by atoms with Gasteiger partial charge in [0.1, 0.15) is 17.7 Å². The molecule has 1 aromatic carbocycles. The van der Waals surface area contributed by atoms with Gasteiger partial charge in [0.2, 0.25) is 5.95 Å². The Kier molecular flexibility index (Phi) is 6.48. The Bertz CT molecular complexity index is 1190. The lowest BCUT2D eigenvalue weighted by atomic mass is 10.1. The Morgan fingerprint density at radius 2 is 1.82 bits per heavy atom. The molecule has 0 amide bonds. The molecular weight excluding hydrogens is 450 g/mol. The molecule has 2 fully saturated rings. The Hall–Kier alpha value is -3.41. The summed E-state index contributed by atoms with van der Waals surface area (Å²) in [6.45, 7) is 7.32. The fourth-order valence-electron chi connectivity index (χ4n) is 4.47. The van der Waals surface area contributed by atoms with Crippen LogP contribution in [0.4, 0.5) is 17.6 Å². The van der Waals surface area contributed by atoms with Crippen LogP contribution in [0.2, 0.25) is 5.02 Å². The minimum Gasteiger partial charge on any atom is -0.378 e. The van der Waals surface area contributed by atoms with E-state index in [0.29, 0.717) is 23.8 Å². The number of pyridine rings is 1. The summed E-state index contributed by atoms with van der Waals surface area (Å²) in [6.07, 6.45) is 1.74. The fraction of sp³-hybridized carbons (Fsp3) is 0.360. The molecule has 1 atom stereocenters. The lowest BCUT2D eigenvalue weighted by Gasteiger charge is -2.41. The molecule has 174 valence electrons. The standard InChI is InChI=1S/C25H26ClN7O/c1-18-17-32(24-20(16-27)3-2-8-28-24)9-10-33(18)23-15-22(19-4-6-21(26)7-5-19)29-25(30-23)31-11-13-34-14-12-31/h2-8,15,18H,9-14,17H2,1H3/t18-/m1/s1. The summed E-state index contributed by atoms with van der Waals surface area (Å²) in [5.74, 6) is 2.36. The zero-order valence-corrected chi connectivity index (χ0v) is 19.8. The van der Waals surface area contributed by atoms with E-state index < -0.39 is 0 Å². The lowest BCUT2D eigenvalue weighted by molar-refractivity contribution is 0.122. The van der Waals surface area contributed by atoms with Crippen molar-refractivity contribution in [1.82, 2.24) is 15.0 Å². The van der Waals surface area contributed by atoms with Crippen molar-refractivity contribution >= 4 is 29.2 Å². The molecule has 3 aromatic rings. The molecule has 4 heterocycles. The van der Waals surface area contributed by atoms with Crippen LogP contribution in [0.15, 0.2) is 48.7 Å². The molecule has 2 aliphatic heterocycles. The number of piperazine rings is 1. The van der Waals surface area contributed by atoms with Gasteiger partial charge >= 0.3 is 0 Å². The van der Waals surface area contributed by atoms with Gasteiger partial charge in [0.25, 0.3) is 0 Å². The largest absolute Gasteiger partial charge is 0.378 e. The zero-order chi connectivity index (χ0) is 23.5. The van der Waals surface area contributed by atoms with Crippen molar-refractivity contribution in [2.24, 2.45) is 0 Å². The van der Waals surface area contributed by atoms with Gasteiger partial charge in [-0.1, -0.05) is 23.7 Å². The van der Waals surface area contributed by atoms with Crippen molar-refractivity contribution in [3.05, 3.63) is 59.2 Å². The molecule has 2 aromatic heterocycles. The molecule has 2 aliphatic rings. The van der Waals surface area contributed by atoms with Gasteiger partial charge in [-0.2, -0.15) is 10.2 Å². The molecule has 9 heteroatoms. The van der Waals surface area contributed by atoms with Crippen molar-refractivity contribution in [1.29, 1.82) is 5.26 Å². The number of anilines is 3. The molecular formula is C25H26ClN7O. The summed E-state index contributed by atoms with van der Waals surface area (Å²) in [5.41, 5.74) is 2.47. The SMILES string of the molecule is C[C@@H]1CN(c2ncccc2C#N)CCN1c1cc(-c2ccc(Cl)cc2)nc(N2CCOCC2)n1. The first-order valence-corrected chi connectivity index (χ1v) is 11.8. The third-order valence-corrected chi connectivity index (χ3v) is 6.52. The van der Waals surface area contributed by atoms with E-state index >= 15 is 0 Å². The van der Waals surface area contributed by atoms with Gasteiger partial charge in [-0.05, 0) is 31.2 Å². The van der Waals surface area contributed by atoms with Gasteiger partial charge in [-0.15, -0.1) is 0 Å². The number of ether oxygens (including phenoxy) is 1. The number of aromatic nitrogens is 3. The highest BCUT2D eigenvalue weighted by molar-refractivity contribution is 6.30. The summed E-state index contributed by atoms with van der Waals surface area (Å²) in [7, 11) is 0. The van der Waals surface area contributed by atoms with E-state index in [-0.39, 0.29) is 6.04 Å². The predicted molar refractivity (Wildman–Crippen MR) is 133 cm³/mol. The van der Waals surface area contributed by atoms with E-state index in [9.17, 15) is 5.26 Å². The van der Waals surface area contributed by atoms with Gasteiger partial charge < -0.3 is 19.4 Å². The van der Waals surface area contributed by atoms with E-state index in [1.54, 1.807) is 12.3 Å². The Morgan fingerprint density at radius 1 is 1.03 bits per heavy atom. The first-order chi connectivity index (χ1) is 16.6. The normalized spacial score (nSPS) is 18.6. The number of rotatable bonds is 4. The summed E-state index contributed by atoms with van der Waals surface area (Å²) >= 11 is 6.12. The van der Waals surface area contributed by atoms with E-state index in [4.69, 9.17) is 26.3 Å². The van der Waals surface area contributed by atoms with Gasteiger partial charge in [0.05, 0.1) is 24.5 Å². The Balaban J connectivity index is 1.46. The quantitative estimate of drug-likeness (QED) is 0.566. The van der Waals surface area contributed by atoms with Gasteiger partial charge in [0, 0.05) is 61.6 Å². The monoisotopic (exact) mass is 475 g/mol. The van der Waals surface area contributed by atoms with Crippen LogP contribution in [0.5, 0.6) is 0 Å². The van der Waals surface area contributed by atoms with Crippen molar-refractivity contribution in [2.45, 2.75) is 13.0 Å². The number of hydrogen-bond acceptors (Lipinski definition) is 8. The molecule has 8 nitrogen and oxygen atoms in total. The van der Waals surface area contributed by atoms with Crippen molar-refractivity contribution in [3.63, 3.8) is 0 Å². The maximum atomic E-state index is 9.49. The molecule has 0 N–H and O–H groups in total. The molecule has 0 aliphatic carbocycles. The van der Waals surface area contributed by atoms with E-state index in [0.717, 1.165) is 61.6 Å². The van der Waals surface area contributed by atoms with Crippen LogP contribution in [0.1, 0.15) is 12.5 Å². The summed E-state index contributed by atoms with van der Waals surface area (Å²) in [6, 6.07) is 15.9. The second-order valence-corrected chi connectivity index (χ2v) is 8.93. The molecule has 0 radical (unpaired) electrons. The van der Waals surface area contributed by atoms with Gasteiger partial charge in [0.15, 0.2) is 0 Å². The minimum atomic E-state index is 0.174. The molecule has 2 saturated heterocycles.